The first kappa shape index (κ1) is 16.7. The second-order valence-corrected chi connectivity index (χ2v) is 5.08. The van der Waals surface area contributed by atoms with Crippen molar-refractivity contribution < 1.29 is 9.53 Å². The molecule has 0 fully saturated rings. The normalized spacial score (nSPS) is 10.3. The Bertz CT molecular complexity index is 727. The molecule has 7 nitrogen and oxygen atoms in total. The fourth-order valence-electron chi connectivity index (χ4n) is 1.85. The van der Waals surface area contributed by atoms with Gasteiger partial charge in [-0.05, 0) is 12.5 Å². The summed E-state index contributed by atoms with van der Waals surface area (Å²) in [5.74, 6) is 0.101. The molecule has 0 aromatic carbocycles. The topological polar surface area (TPSA) is 86.1 Å². The molecular weight excluding hydrogens is 296 g/mol. The van der Waals surface area contributed by atoms with E-state index in [2.05, 4.69) is 22.2 Å². The first-order valence-corrected chi connectivity index (χ1v) is 7.49. The Morgan fingerprint density at radius 3 is 2.96 bits per heavy atom. The van der Waals surface area contributed by atoms with E-state index in [1.165, 1.54) is 17.0 Å². The van der Waals surface area contributed by atoms with Gasteiger partial charge in [-0.15, -0.1) is 0 Å². The molecule has 2 aromatic rings. The predicted octanol–water partition coefficient (Wildman–Crippen LogP) is 1.28. The van der Waals surface area contributed by atoms with Gasteiger partial charge in [0.05, 0.1) is 12.9 Å². The molecule has 0 bridgehead atoms. The Morgan fingerprint density at radius 2 is 2.22 bits per heavy atom. The summed E-state index contributed by atoms with van der Waals surface area (Å²) in [7, 11) is 1.58. The van der Waals surface area contributed by atoms with Crippen LogP contribution in [-0.4, -0.2) is 27.0 Å². The van der Waals surface area contributed by atoms with Crippen molar-refractivity contribution in [1.29, 1.82) is 0 Å². The summed E-state index contributed by atoms with van der Waals surface area (Å²) in [5.41, 5.74) is 0.585. The molecule has 0 radical (unpaired) electrons. The zero-order valence-corrected chi connectivity index (χ0v) is 13.3. The van der Waals surface area contributed by atoms with Crippen LogP contribution in [0.25, 0.3) is 0 Å². The Kier molecular flexibility index (Phi) is 5.85. The van der Waals surface area contributed by atoms with Gasteiger partial charge in [-0.2, -0.15) is 0 Å². The van der Waals surface area contributed by atoms with Gasteiger partial charge in [-0.1, -0.05) is 19.4 Å². The molecule has 1 amide bonds. The first-order valence-electron chi connectivity index (χ1n) is 7.49. The van der Waals surface area contributed by atoms with Gasteiger partial charge in [0.1, 0.15) is 5.69 Å². The fraction of sp³-hybridized carbons (Fsp3) is 0.375. The minimum Gasteiger partial charge on any atom is -0.477 e. The third-order valence-corrected chi connectivity index (χ3v) is 3.24. The van der Waals surface area contributed by atoms with Crippen molar-refractivity contribution in [2.75, 3.05) is 6.61 Å². The molecule has 0 aliphatic carbocycles. The second kappa shape index (κ2) is 8.07. The van der Waals surface area contributed by atoms with Gasteiger partial charge >= 0.3 is 0 Å². The molecule has 23 heavy (non-hydrogen) atoms. The molecule has 2 aromatic heterocycles. The monoisotopic (exact) mass is 316 g/mol. The molecule has 7 heteroatoms. The van der Waals surface area contributed by atoms with Crippen LogP contribution in [0.1, 0.15) is 35.8 Å². The predicted molar refractivity (Wildman–Crippen MR) is 85.3 cm³/mol. The maximum Gasteiger partial charge on any atom is 0.270 e. The molecule has 0 saturated heterocycles. The molecule has 122 valence electrons. The highest BCUT2D eigenvalue weighted by Gasteiger charge is 2.10. The SMILES string of the molecule is CCCCOc1ncccc1CNC(=O)c1cc(=O)n(C)cn1. The van der Waals surface area contributed by atoms with Crippen molar-refractivity contribution in [3.05, 3.63) is 52.3 Å². The number of ether oxygens (including phenoxy) is 1. The summed E-state index contributed by atoms with van der Waals surface area (Å²) >= 11 is 0. The number of rotatable bonds is 7. The highest BCUT2D eigenvalue weighted by atomic mass is 16.5. The molecule has 0 spiro atoms. The van der Waals surface area contributed by atoms with Crippen LogP contribution in [0.3, 0.4) is 0 Å². The molecule has 1 N–H and O–H groups in total. The molecule has 0 saturated carbocycles. The van der Waals surface area contributed by atoms with Crippen LogP contribution in [0.15, 0.2) is 35.5 Å². The van der Waals surface area contributed by atoms with Crippen LogP contribution in [0.2, 0.25) is 0 Å². The number of aromatic nitrogens is 3. The Morgan fingerprint density at radius 1 is 1.39 bits per heavy atom. The lowest BCUT2D eigenvalue weighted by Crippen LogP contribution is -2.27. The van der Waals surface area contributed by atoms with Crippen LogP contribution in [0.4, 0.5) is 0 Å². The van der Waals surface area contributed by atoms with E-state index in [0.29, 0.717) is 12.5 Å². The smallest absolute Gasteiger partial charge is 0.270 e. The van der Waals surface area contributed by atoms with Crippen molar-refractivity contribution in [3.63, 3.8) is 0 Å². The molecule has 0 atom stereocenters. The van der Waals surface area contributed by atoms with Gasteiger partial charge in [-0.3, -0.25) is 9.59 Å². The van der Waals surface area contributed by atoms with Gasteiger partial charge in [0.25, 0.3) is 11.5 Å². The molecule has 2 heterocycles. The van der Waals surface area contributed by atoms with Crippen LogP contribution in [0, 0.1) is 0 Å². The lowest BCUT2D eigenvalue weighted by Gasteiger charge is -2.10. The summed E-state index contributed by atoms with van der Waals surface area (Å²) in [4.78, 5) is 31.7. The van der Waals surface area contributed by atoms with Gasteiger partial charge in [0, 0.05) is 31.4 Å². The third kappa shape index (κ3) is 4.64. The van der Waals surface area contributed by atoms with Gasteiger partial charge < -0.3 is 14.6 Å². The number of hydrogen-bond acceptors (Lipinski definition) is 5. The second-order valence-electron chi connectivity index (χ2n) is 5.08. The van der Waals surface area contributed by atoms with E-state index in [4.69, 9.17) is 4.74 Å². The Labute approximate surface area is 134 Å². The van der Waals surface area contributed by atoms with Crippen molar-refractivity contribution in [2.24, 2.45) is 7.05 Å². The number of hydrogen-bond donors (Lipinski definition) is 1. The molecule has 0 aliphatic rings. The fourth-order valence-corrected chi connectivity index (χ4v) is 1.85. The largest absolute Gasteiger partial charge is 0.477 e. The van der Waals surface area contributed by atoms with Crippen molar-refractivity contribution in [2.45, 2.75) is 26.3 Å². The Hall–Kier alpha value is -2.70. The lowest BCUT2D eigenvalue weighted by molar-refractivity contribution is 0.0945. The zero-order chi connectivity index (χ0) is 16.7. The summed E-state index contributed by atoms with van der Waals surface area (Å²) in [6.45, 7) is 2.93. The first-order chi connectivity index (χ1) is 11.1. The van der Waals surface area contributed by atoms with Gasteiger partial charge in [0.2, 0.25) is 5.88 Å². The van der Waals surface area contributed by atoms with Crippen LogP contribution in [0.5, 0.6) is 5.88 Å². The summed E-state index contributed by atoms with van der Waals surface area (Å²) in [5, 5.41) is 2.72. The number of aryl methyl sites for hydroxylation is 1. The quantitative estimate of drug-likeness (QED) is 0.778. The molecule has 0 aliphatic heterocycles. The number of pyridine rings is 1. The van der Waals surface area contributed by atoms with Crippen molar-refractivity contribution >= 4 is 5.91 Å². The summed E-state index contributed by atoms with van der Waals surface area (Å²) < 4.78 is 6.92. The van der Waals surface area contributed by atoms with E-state index in [9.17, 15) is 9.59 Å². The number of amides is 1. The molecule has 0 unspecified atom stereocenters. The van der Waals surface area contributed by atoms with E-state index in [1.807, 2.05) is 6.07 Å². The highest BCUT2D eigenvalue weighted by Crippen LogP contribution is 2.14. The number of unbranched alkanes of at least 4 members (excludes halogenated alkanes) is 1. The Balaban J connectivity index is 2.01. The van der Waals surface area contributed by atoms with Gasteiger partial charge in [-0.25, -0.2) is 9.97 Å². The summed E-state index contributed by atoms with van der Waals surface area (Å²) in [6, 6.07) is 4.83. The average molecular weight is 316 g/mol. The number of nitrogens with zero attached hydrogens (tertiary/aromatic N) is 3. The van der Waals surface area contributed by atoms with Crippen molar-refractivity contribution in [1.82, 2.24) is 19.9 Å². The molecular formula is C16H20N4O3. The molecule has 2 rings (SSSR count). The van der Waals surface area contributed by atoms with Crippen LogP contribution >= 0.6 is 0 Å². The average Bonchev–Trinajstić information content (AvgIpc) is 2.56. The lowest BCUT2D eigenvalue weighted by atomic mass is 10.2. The minimum atomic E-state index is -0.411. The summed E-state index contributed by atoms with van der Waals surface area (Å²) in [6.07, 6.45) is 4.95. The zero-order valence-electron chi connectivity index (χ0n) is 13.3. The number of carbonyl (C=O) groups excluding carboxylic acids is 1. The maximum absolute atomic E-state index is 12.1. The van der Waals surface area contributed by atoms with E-state index in [1.54, 1.807) is 19.3 Å². The van der Waals surface area contributed by atoms with Gasteiger partial charge in [0.15, 0.2) is 0 Å². The number of carbonyl (C=O) groups is 1. The van der Waals surface area contributed by atoms with Crippen LogP contribution in [-0.2, 0) is 13.6 Å². The maximum atomic E-state index is 12.1. The van der Waals surface area contributed by atoms with Crippen LogP contribution < -0.4 is 15.6 Å². The van der Waals surface area contributed by atoms with E-state index in [0.717, 1.165) is 18.4 Å². The van der Waals surface area contributed by atoms with E-state index >= 15 is 0 Å². The van der Waals surface area contributed by atoms with E-state index in [-0.39, 0.29) is 17.8 Å². The number of nitrogens with one attached hydrogen (secondary N) is 1. The highest BCUT2D eigenvalue weighted by molar-refractivity contribution is 5.92. The standard InChI is InChI=1S/C16H20N4O3/c1-3-4-8-23-16-12(6-5-7-17-16)10-18-15(22)13-9-14(21)20(2)11-19-13/h5-7,9,11H,3-4,8,10H2,1-2H3,(H,18,22). The van der Waals surface area contributed by atoms with E-state index < -0.39 is 5.91 Å². The van der Waals surface area contributed by atoms with Crippen molar-refractivity contribution in [3.8, 4) is 5.88 Å². The minimum absolute atomic E-state index is 0.0884. The third-order valence-electron chi connectivity index (χ3n) is 3.24.